The molecule has 1 aliphatic rings. The van der Waals surface area contributed by atoms with Crippen LogP contribution in [-0.4, -0.2) is 109 Å². The van der Waals surface area contributed by atoms with E-state index in [1.165, 1.54) is 43.2 Å². The van der Waals surface area contributed by atoms with E-state index in [9.17, 15) is 42.7 Å². The molecule has 22 nitrogen and oxygen atoms in total. The van der Waals surface area contributed by atoms with E-state index in [0.29, 0.717) is 18.1 Å². The molecule has 7 N–H and O–H groups in total. The van der Waals surface area contributed by atoms with Crippen LogP contribution in [0.2, 0.25) is 0 Å². The summed E-state index contributed by atoms with van der Waals surface area (Å²) in [5.41, 5.74) is -2.53. The van der Waals surface area contributed by atoms with Crippen LogP contribution in [0.15, 0.2) is 15.8 Å². The Bertz CT molecular complexity index is 1710. The van der Waals surface area contributed by atoms with Crippen LogP contribution in [-0.2, 0) is 45.8 Å². The standard InChI is InChI=1S/C24H39N4O18P3S4/c1-24(2,3)44-23(32)26-8-10-51-52-11-9-40-22(31)25-7-5-6-16-13-28(21(30)27-20(16)29)19-12-17(41-15-53-50-4)18(43-19)14-42-48(36,37)46-49(38,39)45-47(33,34)35/h13,17-19H,7-12,14-15H2,1-4H3,(H,25,31)(H,26,32)(H,36,37)(H,38,39)(H,27,29,30)(H2,33,34,35)/t17?,18-,19-/m1/s1. The number of alkyl carbamates (subject to hydrolysis) is 2. The summed E-state index contributed by atoms with van der Waals surface area (Å²) >= 11 is 0. The maximum atomic E-state index is 12.7. The molecule has 29 heteroatoms. The molecule has 2 heterocycles. The molecule has 3 unspecified atom stereocenters. The van der Waals surface area contributed by atoms with E-state index >= 15 is 0 Å². The fraction of sp³-hybridized carbons (Fsp3) is 0.667. The van der Waals surface area contributed by atoms with Crippen molar-refractivity contribution in [2.24, 2.45) is 0 Å². The van der Waals surface area contributed by atoms with Crippen molar-refractivity contribution in [3.63, 3.8) is 0 Å². The van der Waals surface area contributed by atoms with Gasteiger partial charge in [-0.2, -0.15) is 8.62 Å². The summed E-state index contributed by atoms with van der Waals surface area (Å²) in [7, 11) is -11.3. The molecule has 1 aliphatic heterocycles. The summed E-state index contributed by atoms with van der Waals surface area (Å²) in [4.78, 5) is 87.4. The number of aromatic amines is 1. The third-order valence-corrected chi connectivity index (χ3v) is 13.2. The first-order valence-electron chi connectivity index (χ1n) is 14.8. The molecule has 0 bridgehead atoms. The number of H-pyrrole nitrogens is 1. The molecule has 0 spiro atoms. The second kappa shape index (κ2) is 22.3. The zero-order valence-corrected chi connectivity index (χ0v) is 34.3. The van der Waals surface area contributed by atoms with Crippen LogP contribution in [0, 0.1) is 11.8 Å². The van der Waals surface area contributed by atoms with E-state index in [2.05, 4.69) is 40.6 Å². The third-order valence-electron chi connectivity index (χ3n) is 5.61. The van der Waals surface area contributed by atoms with Gasteiger partial charge in [-0.1, -0.05) is 55.0 Å². The van der Waals surface area contributed by atoms with Gasteiger partial charge >= 0.3 is 41.3 Å². The highest BCUT2D eigenvalue weighted by Crippen LogP contribution is 2.66. The SMILES string of the molecule is CSSCOC1C[C@H](n2cc(C#CCNC(=O)OCCSSCCNC(=O)OC(C)(C)C)c(=O)[nH]c2=O)O[C@@H]1COP(=O)(O)OP(=O)(O)OP(=O)(O)O. The quantitative estimate of drug-likeness (QED) is 0.0325. The first-order valence-corrected chi connectivity index (χ1v) is 24.5. The van der Waals surface area contributed by atoms with Gasteiger partial charge in [-0.25, -0.2) is 28.1 Å². The van der Waals surface area contributed by atoms with E-state index in [-0.39, 0.29) is 31.1 Å². The Morgan fingerprint density at radius 3 is 2.40 bits per heavy atom. The fourth-order valence-electron chi connectivity index (χ4n) is 3.72. The predicted octanol–water partition coefficient (Wildman–Crippen LogP) is 2.51. The molecule has 2 amide bonds. The van der Waals surface area contributed by atoms with Crippen molar-refractivity contribution in [1.82, 2.24) is 20.2 Å². The molecule has 1 aromatic heterocycles. The summed E-state index contributed by atoms with van der Waals surface area (Å²) < 4.78 is 69.5. The zero-order valence-electron chi connectivity index (χ0n) is 28.4. The number of hydrogen-bond donors (Lipinski definition) is 7. The van der Waals surface area contributed by atoms with Gasteiger partial charge < -0.3 is 49.2 Å². The summed E-state index contributed by atoms with van der Waals surface area (Å²) in [6.07, 6.45) is -1.74. The summed E-state index contributed by atoms with van der Waals surface area (Å²) in [5.74, 6) is 6.26. The molecule has 0 radical (unpaired) electrons. The molecular formula is C24H39N4O18P3S4. The number of hydrogen-bond acceptors (Lipinski definition) is 18. The lowest BCUT2D eigenvalue weighted by Gasteiger charge is -2.21. The van der Waals surface area contributed by atoms with Gasteiger partial charge in [0, 0.05) is 30.7 Å². The van der Waals surface area contributed by atoms with Crippen molar-refractivity contribution in [2.45, 2.75) is 51.2 Å². The van der Waals surface area contributed by atoms with Gasteiger partial charge in [0.05, 0.1) is 19.3 Å². The average Bonchev–Trinajstić information content (AvgIpc) is 3.40. The highest BCUT2D eigenvalue weighted by molar-refractivity contribution is 8.76. The second-order valence-electron chi connectivity index (χ2n) is 10.9. The van der Waals surface area contributed by atoms with Gasteiger partial charge in [0.1, 0.15) is 36.0 Å². The minimum Gasteiger partial charge on any atom is -0.449 e. The molecule has 1 aromatic rings. The number of nitrogens with one attached hydrogen (secondary N) is 3. The van der Waals surface area contributed by atoms with Crippen LogP contribution >= 0.6 is 66.6 Å². The number of carbonyl (C=O) groups excluding carboxylic acids is 2. The minimum atomic E-state index is -5.76. The number of amides is 2. The molecule has 1 fully saturated rings. The first-order chi connectivity index (χ1) is 24.6. The number of nitrogens with zero attached hydrogens (tertiary/aromatic N) is 1. The zero-order chi connectivity index (χ0) is 39.9. The Hall–Kier alpha value is -1.49. The van der Waals surface area contributed by atoms with Crippen molar-refractivity contribution in [2.75, 3.05) is 50.0 Å². The molecule has 0 saturated carbocycles. The van der Waals surface area contributed by atoms with Crippen LogP contribution in [0.4, 0.5) is 9.59 Å². The second-order valence-corrected chi connectivity index (χ2v) is 20.6. The average molecular weight is 893 g/mol. The first kappa shape index (κ1) is 47.7. The number of phosphoric ester groups is 1. The van der Waals surface area contributed by atoms with E-state index in [4.69, 9.17) is 28.7 Å². The van der Waals surface area contributed by atoms with E-state index in [1.54, 1.807) is 27.0 Å². The Morgan fingerprint density at radius 1 is 1.04 bits per heavy atom. The number of aromatic nitrogens is 2. The Balaban J connectivity index is 1.92. The minimum absolute atomic E-state index is 0.0641. The van der Waals surface area contributed by atoms with Crippen LogP contribution in [0.25, 0.3) is 0 Å². The van der Waals surface area contributed by atoms with Gasteiger partial charge in [-0.05, 0) is 27.0 Å². The van der Waals surface area contributed by atoms with Gasteiger partial charge in [0.2, 0.25) is 0 Å². The molecule has 2 rings (SSSR count). The van der Waals surface area contributed by atoms with Crippen molar-refractivity contribution in [1.29, 1.82) is 0 Å². The monoisotopic (exact) mass is 892 g/mol. The van der Waals surface area contributed by atoms with E-state index < -0.39 is 77.5 Å². The van der Waals surface area contributed by atoms with Crippen LogP contribution in [0.3, 0.4) is 0 Å². The highest BCUT2D eigenvalue weighted by atomic mass is 33.1. The number of carbonyl (C=O) groups is 2. The smallest absolute Gasteiger partial charge is 0.449 e. The summed E-state index contributed by atoms with van der Waals surface area (Å²) in [6.45, 7) is 4.71. The van der Waals surface area contributed by atoms with Crippen molar-refractivity contribution in [3.8, 4) is 11.8 Å². The molecule has 302 valence electrons. The topological polar surface area (TPSA) is 310 Å². The Morgan fingerprint density at radius 2 is 1.74 bits per heavy atom. The molecule has 0 aromatic carbocycles. The van der Waals surface area contributed by atoms with E-state index in [0.717, 1.165) is 10.8 Å². The van der Waals surface area contributed by atoms with Gasteiger partial charge in [-0.3, -0.25) is 18.9 Å². The lowest BCUT2D eigenvalue weighted by Crippen LogP contribution is -2.34. The Labute approximate surface area is 318 Å². The Kier molecular flexibility index (Phi) is 20.1. The molecule has 53 heavy (non-hydrogen) atoms. The number of phosphoric acid groups is 3. The molecular weight excluding hydrogens is 853 g/mol. The predicted molar refractivity (Wildman–Crippen MR) is 196 cm³/mol. The van der Waals surface area contributed by atoms with Crippen molar-refractivity contribution >= 4 is 78.8 Å². The van der Waals surface area contributed by atoms with Gasteiger partial charge in [0.25, 0.3) is 5.56 Å². The molecule has 1 saturated heterocycles. The van der Waals surface area contributed by atoms with Crippen molar-refractivity contribution in [3.05, 3.63) is 32.6 Å². The van der Waals surface area contributed by atoms with E-state index in [1.807, 2.05) is 0 Å². The highest BCUT2D eigenvalue weighted by Gasteiger charge is 2.43. The third kappa shape index (κ3) is 20.3. The number of ether oxygens (including phenoxy) is 4. The summed E-state index contributed by atoms with van der Waals surface area (Å²) in [6, 6.07) is 0. The molecule has 5 atom stereocenters. The maximum Gasteiger partial charge on any atom is 0.490 e. The van der Waals surface area contributed by atoms with Gasteiger partial charge in [-0.15, -0.1) is 0 Å². The van der Waals surface area contributed by atoms with Crippen molar-refractivity contribution < 1.29 is 75.0 Å². The van der Waals surface area contributed by atoms with Crippen LogP contribution in [0.1, 0.15) is 39.0 Å². The van der Waals surface area contributed by atoms with Gasteiger partial charge in [0.15, 0.2) is 0 Å². The molecule has 0 aliphatic carbocycles. The number of rotatable bonds is 20. The summed E-state index contributed by atoms with van der Waals surface area (Å²) in [5, 5.41) is 5.03. The lowest BCUT2D eigenvalue weighted by molar-refractivity contribution is -0.0543. The fourth-order valence-corrected chi connectivity index (χ4v) is 9.27. The van der Waals surface area contributed by atoms with Crippen LogP contribution in [0.5, 0.6) is 0 Å². The lowest BCUT2D eigenvalue weighted by atomic mass is 10.2. The van der Waals surface area contributed by atoms with Crippen LogP contribution < -0.4 is 21.9 Å². The largest absolute Gasteiger partial charge is 0.490 e. The normalized spacial score (nSPS) is 19.7. The maximum absolute atomic E-state index is 12.7.